The molecule has 116 valence electrons. The van der Waals surface area contributed by atoms with Crippen molar-refractivity contribution in [3.8, 4) is 5.75 Å². The predicted octanol–water partition coefficient (Wildman–Crippen LogP) is 4.36. The smallest absolute Gasteiger partial charge is 0.125 e. The number of rotatable bonds is 3. The minimum absolute atomic E-state index is 0.0875. The summed E-state index contributed by atoms with van der Waals surface area (Å²) in [6.45, 7) is 5.42. The van der Waals surface area contributed by atoms with E-state index < -0.39 is 0 Å². The fourth-order valence-electron chi connectivity index (χ4n) is 3.92. The Hall–Kier alpha value is -0.730. The standard InChI is InChI=1S/C18H26ClNO/c1-12(2)13-3-6-18(20,7-4-13)11-15-10-16(19)9-14-5-8-21-17(14)15/h9-10,12-13H,3-8,11,20H2,1-2H3. The van der Waals surface area contributed by atoms with Gasteiger partial charge in [0, 0.05) is 17.0 Å². The van der Waals surface area contributed by atoms with Crippen LogP contribution in [0.25, 0.3) is 0 Å². The molecule has 1 aromatic carbocycles. The molecular formula is C18H26ClNO. The first kappa shape index (κ1) is 15.2. The average molecular weight is 308 g/mol. The molecule has 1 aliphatic carbocycles. The fraction of sp³-hybridized carbons (Fsp3) is 0.667. The van der Waals surface area contributed by atoms with Crippen LogP contribution in [-0.2, 0) is 12.8 Å². The largest absolute Gasteiger partial charge is 0.493 e. The molecular weight excluding hydrogens is 282 g/mol. The van der Waals surface area contributed by atoms with Gasteiger partial charge in [-0.05, 0) is 67.2 Å². The molecule has 0 atom stereocenters. The van der Waals surface area contributed by atoms with Crippen molar-refractivity contribution >= 4 is 11.6 Å². The van der Waals surface area contributed by atoms with E-state index in [4.69, 9.17) is 22.1 Å². The summed E-state index contributed by atoms with van der Waals surface area (Å²) in [5.74, 6) is 2.66. The number of halogens is 1. The van der Waals surface area contributed by atoms with Gasteiger partial charge in [-0.3, -0.25) is 0 Å². The van der Waals surface area contributed by atoms with Crippen molar-refractivity contribution < 1.29 is 4.74 Å². The van der Waals surface area contributed by atoms with Crippen LogP contribution in [0.5, 0.6) is 5.75 Å². The predicted molar refractivity (Wildman–Crippen MR) is 88.1 cm³/mol. The Kier molecular flexibility index (Phi) is 4.20. The molecule has 2 nitrogen and oxygen atoms in total. The molecule has 1 aromatic rings. The van der Waals surface area contributed by atoms with Gasteiger partial charge in [-0.25, -0.2) is 0 Å². The number of hydrogen-bond donors (Lipinski definition) is 1. The first-order chi connectivity index (χ1) is 9.97. The summed E-state index contributed by atoms with van der Waals surface area (Å²) in [4.78, 5) is 0. The number of ether oxygens (including phenoxy) is 1. The molecule has 3 rings (SSSR count). The third-order valence-electron chi connectivity index (χ3n) is 5.34. The summed E-state index contributed by atoms with van der Waals surface area (Å²) in [5, 5.41) is 0.814. The number of nitrogens with two attached hydrogens (primary N) is 1. The molecule has 2 N–H and O–H groups in total. The lowest BCUT2D eigenvalue weighted by Gasteiger charge is -2.39. The third-order valence-corrected chi connectivity index (χ3v) is 5.55. The van der Waals surface area contributed by atoms with Gasteiger partial charge in [0.15, 0.2) is 0 Å². The molecule has 0 bridgehead atoms. The third kappa shape index (κ3) is 3.22. The van der Waals surface area contributed by atoms with Crippen LogP contribution in [0.15, 0.2) is 12.1 Å². The van der Waals surface area contributed by atoms with E-state index in [1.165, 1.54) is 24.0 Å². The normalized spacial score (nSPS) is 28.5. The summed E-state index contributed by atoms with van der Waals surface area (Å²) in [7, 11) is 0. The number of benzene rings is 1. The highest BCUT2D eigenvalue weighted by molar-refractivity contribution is 6.30. The van der Waals surface area contributed by atoms with Crippen LogP contribution in [0.4, 0.5) is 0 Å². The Balaban J connectivity index is 1.75. The van der Waals surface area contributed by atoms with E-state index in [-0.39, 0.29) is 5.54 Å². The molecule has 1 aliphatic heterocycles. The van der Waals surface area contributed by atoms with Crippen molar-refractivity contribution in [2.24, 2.45) is 17.6 Å². The number of hydrogen-bond acceptors (Lipinski definition) is 2. The van der Waals surface area contributed by atoms with E-state index in [2.05, 4.69) is 19.9 Å². The Morgan fingerprint density at radius 2 is 2.05 bits per heavy atom. The van der Waals surface area contributed by atoms with Gasteiger partial charge < -0.3 is 10.5 Å². The lowest BCUT2D eigenvalue weighted by atomic mass is 9.71. The highest BCUT2D eigenvalue weighted by Crippen LogP contribution is 2.40. The zero-order valence-corrected chi connectivity index (χ0v) is 13.9. The lowest BCUT2D eigenvalue weighted by Crippen LogP contribution is -2.45. The zero-order valence-electron chi connectivity index (χ0n) is 13.1. The Labute approximate surface area is 133 Å². The van der Waals surface area contributed by atoms with E-state index in [1.807, 2.05) is 6.07 Å². The van der Waals surface area contributed by atoms with Crippen LogP contribution in [0, 0.1) is 11.8 Å². The van der Waals surface area contributed by atoms with Crippen molar-refractivity contribution in [1.82, 2.24) is 0 Å². The van der Waals surface area contributed by atoms with Crippen molar-refractivity contribution in [1.29, 1.82) is 0 Å². The van der Waals surface area contributed by atoms with Crippen molar-refractivity contribution in [2.75, 3.05) is 6.61 Å². The zero-order chi connectivity index (χ0) is 15.0. The Bertz CT molecular complexity index is 518. The summed E-state index contributed by atoms with van der Waals surface area (Å²) in [6, 6.07) is 4.08. The first-order valence-corrected chi connectivity index (χ1v) is 8.58. The second-order valence-corrected chi connectivity index (χ2v) is 7.71. The lowest BCUT2D eigenvalue weighted by molar-refractivity contribution is 0.193. The van der Waals surface area contributed by atoms with Gasteiger partial charge in [-0.1, -0.05) is 25.4 Å². The van der Waals surface area contributed by atoms with Crippen molar-refractivity contribution in [3.05, 3.63) is 28.3 Å². The Morgan fingerprint density at radius 3 is 2.71 bits per heavy atom. The topological polar surface area (TPSA) is 35.2 Å². The van der Waals surface area contributed by atoms with Gasteiger partial charge in [0.2, 0.25) is 0 Å². The maximum Gasteiger partial charge on any atom is 0.125 e. The molecule has 0 amide bonds. The molecule has 0 spiro atoms. The molecule has 0 unspecified atom stereocenters. The van der Waals surface area contributed by atoms with Gasteiger partial charge in [0.25, 0.3) is 0 Å². The SMILES string of the molecule is CC(C)C1CCC(N)(Cc2cc(Cl)cc3c2OCC3)CC1. The molecule has 0 saturated heterocycles. The molecule has 1 saturated carbocycles. The monoisotopic (exact) mass is 307 g/mol. The second-order valence-electron chi connectivity index (χ2n) is 7.27. The van der Waals surface area contributed by atoms with Crippen LogP contribution in [0.2, 0.25) is 5.02 Å². The van der Waals surface area contributed by atoms with Crippen LogP contribution >= 0.6 is 11.6 Å². The summed E-state index contributed by atoms with van der Waals surface area (Å²) in [6.07, 6.45) is 6.57. The number of fused-ring (bicyclic) bond motifs is 1. The second kappa shape index (κ2) is 5.81. The minimum atomic E-state index is -0.0875. The van der Waals surface area contributed by atoms with Gasteiger partial charge in [0.05, 0.1) is 6.61 Å². The average Bonchev–Trinajstić information content (AvgIpc) is 2.87. The summed E-state index contributed by atoms with van der Waals surface area (Å²) in [5.41, 5.74) is 9.07. The van der Waals surface area contributed by atoms with E-state index in [0.29, 0.717) is 0 Å². The van der Waals surface area contributed by atoms with Gasteiger partial charge >= 0.3 is 0 Å². The molecule has 21 heavy (non-hydrogen) atoms. The molecule has 2 aliphatic rings. The highest BCUT2D eigenvalue weighted by atomic mass is 35.5. The molecule has 1 heterocycles. The molecule has 0 radical (unpaired) electrons. The van der Waals surface area contributed by atoms with E-state index >= 15 is 0 Å². The quantitative estimate of drug-likeness (QED) is 0.900. The Morgan fingerprint density at radius 1 is 1.33 bits per heavy atom. The maximum atomic E-state index is 6.70. The fourth-order valence-corrected chi connectivity index (χ4v) is 4.18. The van der Waals surface area contributed by atoms with Crippen LogP contribution in [0.1, 0.15) is 50.7 Å². The van der Waals surface area contributed by atoms with Gasteiger partial charge in [0.1, 0.15) is 5.75 Å². The van der Waals surface area contributed by atoms with E-state index in [9.17, 15) is 0 Å². The first-order valence-electron chi connectivity index (χ1n) is 8.20. The van der Waals surface area contributed by atoms with Gasteiger partial charge in [-0.15, -0.1) is 0 Å². The molecule has 1 fully saturated rings. The van der Waals surface area contributed by atoms with Crippen molar-refractivity contribution in [3.63, 3.8) is 0 Å². The van der Waals surface area contributed by atoms with E-state index in [1.54, 1.807) is 0 Å². The summed E-state index contributed by atoms with van der Waals surface area (Å²) >= 11 is 6.26. The minimum Gasteiger partial charge on any atom is -0.493 e. The van der Waals surface area contributed by atoms with E-state index in [0.717, 1.165) is 54.9 Å². The summed E-state index contributed by atoms with van der Waals surface area (Å²) < 4.78 is 5.82. The highest BCUT2D eigenvalue weighted by Gasteiger charge is 2.34. The van der Waals surface area contributed by atoms with Gasteiger partial charge in [-0.2, -0.15) is 0 Å². The van der Waals surface area contributed by atoms with Crippen LogP contribution < -0.4 is 10.5 Å². The molecule has 3 heteroatoms. The maximum absolute atomic E-state index is 6.70. The molecule has 0 aromatic heterocycles. The van der Waals surface area contributed by atoms with Crippen LogP contribution in [-0.4, -0.2) is 12.1 Å². The van der Waals surface area contributed by atoms with Crippen LogP contribution in [0.3, 0.4) is 0 Å². The van der Waals surface area contributed by atoms with Crippen molar-refractivity contribution in [2.45, 2.75) is 57.9 Å².